The molecule has 1 heterocycles. The van der Waals surface area contributed by atoms with E-state index in [-0.39, 0.29) is 12.0 Å². The van der Waals surface area contributed by atoms with Gasteiger partial charge in [-0.05, 0) is 44.7 Å². The topological polar surface area (TPSA) is 55.1 Å². The van der Waals surface area contributed by atoms with Crippen LogP contribution in [0, 0.1) is 0 Å². The number of aryl methyl sites for hydroxylation is 2. The van der Waals surface area contributed by atoms with Crippen LogP contribution in [0.25, 0.3) is 11.3 Å². The van der Waals surface area contributed by atoms with E-state index in [1.165, 1.54) is 5.56 Å². The second-order valence-electron chi connectivity index (χ2n) is 6.56. The molecule has 2 aromatic rings. The third-order valence-electron chi connectivity index (χ3n) is 3.72. The number of nitrogens with zero attached hydrogens (tertiary/aromatic N) is 2. The second-order valence-corrected chi connectivity index (χ2v) is 6.56. The van der Waals surface area contributed by atoms with Crippen LogP contribution in [0.2, 0.25) is 0 Å². The number of carboxylic acid groups (broad SMARTS) is 1. The number of benzene rings is 1. The van der Waals surface area contributed by atoms with Crippen LogP contribution in [0.15, 0.2) is 30.5 Å². The van der Waals surface area contributed by atoms with Gasteiger partial charge in [-0.3, -0.25) is 9.48 Å². The summed E-state index contributed by atoms with van der Waals surface area (Å²) in [5.41, 5.74) is 4.08. The Morgan fingerprint density at radius 2 is 1.86 bits per heavy atom. The van der Waals surface area contributed by atoms with Crippen molar-refractivity contribution in [3.8, 4) is 11.3 Å². The highest BCUT2D eigenvalue weighted by atomic mass is 16.4. The molecule has 0 aliphatic carbocycles. The fourth-order valence-electron chi connectivity index (χ4n) is 2.32. The minimum absolute atomic E-state index is 0.121. The van der Waals surface area contributed by atoms with Gasteiger partial charge in [-0.25, -0.2) is 0 Å². The SMILES string of the molecule is CCc1ccc(-c2nn(C(C)(C)C)cc2CCC(=O)O)cc1. The van der Waals surface area contributed by atoms with Gasteiger partial charge in [-0.1, -0.05) is 31.2 Å². The first-order chi connectivity index (χ1) is 10.3. The van der Waals surface area contributed by atoms with Crippen molar-refractivity contribution in [3.63, 3.8) is 0 Å². The van der Waals surface area contributed by atoms with Crippen molar-refractivity contribution in [1.29, 1.82) is 0 Å². The molecule has 0 radical (unpaired) electrons. The van der Waals surface area contributed by atoms with E-state index in [9.17, 15) is 4.79 Å². The fraction of sp³-hybridized carbons (Fsp3) is 0.444. The summed E-state index contributed by atoms with van der Waals surface area (Å²) >= 11 is 0. The van der Waals surface area contributed by atoms with E-state index in [2.05, 4.69) is 52.0 Å². The summed E-state index contributed by atoms with van der Waals surface area (Å²) in [5.74, 6) is -0.782. The van der Waals surface area contributed by atoms with E-state index in [4.69, 9.17) is 10.2 Å². The minimum atomic E-state index is -0.782. The number of carbonyl (C=O) groups is 1. The molecule has 0 unspecified atom stereocenters. The maximum Gasteiger partial charge on any atom is 0.303 e. The van der Waals surface area contributed by atoms with Crippen LogP contribution in [0.3, 0.4) is 0 Å². The molecule has 4 nitrogen and oxygen atoms in total. The number of rotatable bonds is 5. The van der Waals surface area contributed by atoms with Gasteiger partial charge in [-0.2, -0.15) is 5.10 Å². The van der Waals surface area contributed by atoms with Gasteiger partial charge in [0.05, 0.1) is 11.2 Å². The van der Waals surface area contributed by atoms with Crippen LogP contribution in [0.4, 0.5) is 0 Å². The van der Waals surface area contributed by atoms with Crippen molar-refractivity contribution in [2.24, 2.45) is 0 Å². The number of aliphatic carboxylic acids is 1. The van der Waals surface area contributed by atoms with E-state index < -0.39 is 5.97 Å². The van der Waals surface area contributed by atoms with E-state index >= 15 is 0 Å². The van der Waals surface area contributed by atoms with Crippen LogP contribution in [0.5, 0.6) is 0 Å². The number of hydrogen-bond donors (Lipinski definition) is 1. The Labute approximate surface area is 131 Å². The lowest BCUT2D eigenvalue weighted by Crippen LogP contribution is -2.22. The lowest BCUT2D eigenvalue weighted by Gasteiger charge is -2.18. The summed E-state index contributed by atoms with van der Waals surface area (Å²) in [5, 5.41) is 13.7. The third kappa shape index (κ3) is 3.75. The molecule has 0 saturated heterocycles. The van der Waals surface area contributed by atoms with Crippen molar-refractivity contribution < 1.29 is 9.90 Å². The molecule has 0 amide bonds. The number of hydrogen-bond acceptors (Lipinski definition) is 2. The normalized spacial score (nSPS) is 11.6. The molecule has 0 aliphatic heterocycles. The number of carboxylic acids is 1. The van der Waals surface area contributed by atoms with Crippen molar-refractivity contribution >= 4 is 5.97 Å². The Morgan fingerprint density at radius 3 is 2.36 bits per heavy atom. The molecule has 1 aromatic carbocycles. The lowest BCUT2D eigenvalue weighted by atomic mass is 10.0. The first kappa shape index (κ1) is 16.3. The fourth-order valence-corrected chi connectivity index (χ4v) is 2.32. The van der Waals surface area contributed by atoms with E-state index in [1.54, 1.807) is 0 Å². The molecule has 2 rings (SSSR count). The molecule has 0 aliphatic rings. The molecule has 4 heteroatoms. The van der Waals surface area contributed by atoms with Crippen molar-refractivity contribution in [1.82, 2.24) is 9.78 Å². The summed E-state index contributed by atoms with van der Waals surface area (Å²) in [6, 6.07) is 8.34. The standard InChI is InChI=1S/C18H24N2O2/c1-5-13-6-8-14(9-7-13)17-15(10-11-16(21)22)12-20(19-17)18(2,3)4/h6-9,12H,5,10-11H2,1-4H3,(H,21,22). The van der Waals surface area contributed by atoms with Crippen LogP contribution in [-0.2, 0) is 23.2 Å². The molecule has 0 atom stereocenters. The highest BCUT2D eigenvalue weighted by Gasteiger charge is 2.19. The molecule has 0 bridgehead atoms. The van der Waals surface area contributed by atoms with Gasteiger partial charge in [0, 0.05) is 18.2 Å². The van der Waals surface area contributed by atoms with Gasteiger partial charge in [0.25, 0.3) is 0 Å². The van der Waals surface area contributed by atoms with E-state index in [0.29, 0.717) is 6.42 Å². The molecular formula is C18H24N2O2. The van der Waals surface area contributed by atoms with Gasteiger partial charge in [0.2, 0.25) is 0 Å². The summed E-state index contributed by atoms with van der Waals surface area (Å²) < 4.78 is 1.92. The molecule has 0 spiro atoms. The zero-order valence-electron chi connectivity index (χ0n) is 13.8. The maximum absolute atomic E-state index is 10.9. The largest absolute Gasteiger partial charge is 0.481 e. The average Bonchev–Trinajstić information content (AvgIpc) is 2.89. The van der Waals surface area contributed by atoms with Gasteiger partial charge in [0.15, 0.2) is 0 Å². The molecule has 0 fully saturated rings. The highest BCUT2D eigenvalue weighted by molar-refractivity contribution is 5.69. The zero-order valence-corrected chi connectivity index (χ0v) is 13.8. The number of aromatic nitrogens is 2. The summed E-state index contributed by atoms with van der Waals surface area (Å²) in [7, 11) is 0. The Kier molecular flexibility index (Phi) is 4.69. The minimum Gasteiger partial charge on any atom is -0.481 e. The van der Waals surface area contributed by atoms with Gasteiger partial charge < -0.3 is 5.11 Å². The summed E-state index contributed by atoms with van der Waals surface area (Å²) in [4.78, 5) is 10.9. The van der Waals surface area contributed by atoms with Gasteiger partial charge >= 0.3 is 5.97 Å². The maximum atomic E-state index is 10.9. The van der Waals surface area contributed by atoms with Crippen molar-refractivity contribution in [2.75, 3.05) is 0 Å². The molecule has 118 valence electrons. The predicted octanol–water partition coefficient (Wildman–Crippen LogP) is 3.88. The van der Waals surface area contributed by atoms with Crippen LogP contribution in [0.1, 0.15) is 45.2 Å². The Bertz CT molecular complexity index is 649. The molecule has 1 aromatic heterocycles. The zero-order chi connectivity index (χ0) is 16.3. The first-order valence-corrected chi connectivity index (χ1v) is 7.71. The molecular weight excluding hydrogens is 276 g/mol. The molecule has 1 N–H and O–H groups in total. The summed E-state index contributed by atoms with van der Waals surface area (Å²) in [6.07, 6.45) is 3.60. The summed E-state index contributed by atoms with van der Waals surface area (Å²) in [6.45, 7) is 8.39. The highest BCUT2D eigenvalue weighted by Crippen LogP contribution is 2.26. The smallest absolute Gasteiger partial charge is 0.303 e. The Hall–Kier alpha value is -2.10. The molecule has 22 heavy (non-hydrogen) atoms. The lowest BCUT2D eigenvalue weighted by molar-refractivity contribution is -0.136. The predicted molar refractivity (Wildman–Crippen MR) is 88.0 cm³/mol. The average molecular weight is 300 g/mol. The first-order valence-electron chi connectivity index (χ1n) is 7.71. The van der Waals surface area contributed by atoms with E-state index in [0.717, 1.165) is 23.2 Å². The monoisotopic (exact) mass is 300 g/mol. The Balaban J connectivity index is 2.41. The third-order valence-corrected chi connectivity index (χ3v) is 3.72. The van der Waals surface area contributed by atoms with E-state index in [1.807, 2.05) is 10.9 Å². The van der Waals surface area contributed by atoms with Crippen LogP contribution < -0.4 is 0 Å². The van der Waals surface area contributed by atoms with Gasteiger partial charge in [0.1, 0.15) is 0 Å². The van der Waals surface area contributed by atoms with Gasteiger partial charge in [-0.15, -0.1) is 0 Å². The Morgan fingerprint density at radius 1 is 1.23 bits per heavy atom. The van der Waals surface area contributed by atoms with Crippen LogP contribution >= 0.6 is 0 Å². The second kappa shape index (κ2) is 6.34. The quantitative estimate of drug-likeness (QED) is 0.911. The van der Waals surface area contributed by atoms with Crippen molar-refractivity contribution in [2.45, 2.75) is 52.5 Å². The van der Waals surface area contributed by atoms with Crippen LogP contribution in [-0.4, -0.2) is 20.9 Å². The molecule has 0 saturated carbocycles. The van der Waals surface area contributed by atoms with Crippen molar-refractivity contribution in [3.05, 3.63) is 41.6 Å².